The predicted molar refractivity (Wildman–Crippen MR) is 124 cm³/mol. The third kappa shape index (κ3) is 5.84. The highest BCUT2D eigenvalue weighted by Gasteiger charge is 2.13. The van der Waals surface area contributed by atoms with Crippen LogP contribution in [0.2, 0.25) is 10.0 Å². The van der Waals surface area contributed by atoms with Gasteiger partial charge in [0.2, 0.25) is 0 Å². The van der Waals surface area contributed by atoms with E-state index in [9.17, 15) is 9.90 Å². The van der Waals surface area contributed by atoms with Gasteiger partial charge in [0.05, 0.1) is 31.0 Å². The molecule has 0 atom stereocenters. The normalized spacial score (nSPS) is 10.8. The smallest absolute Gasteiger partial charge is 0.275 e. The quantitative estimate of drug-likeness (QED) is 0.351. The van der Waals surface area contributed by atoms with Crippen LogP contribution in [0.5, 0.6) is 23.0 Å². The summed E-state index contributed by atoms with van der Waals surface area (Å²) in [4.78, 5) is 12.2. The Kier molecular flexibility index (Phi) is 7.81. The monoisotopic (exact) mass is 474 g/mol. The molecule has 9 heteroatoms. The molecule has 1 amide bonds. The zero-order valence-corrected chi connectivity index (χ0v) is 18.8. The van der Waals surface area contributed by atoms with Crippen molar-refractivity contribution in [2.45, 2.75) is 6.61 Å². The maximum atomic E-state index is 12.2. The van der Waals surface area contributed by atoms with Crippen molar-refractivity contribution in [2.24, 2.45) is 5.10 Å². The number of methoxy groups -OCH3 is 2. The summed E-state index contributed by atoms with van der Waals surface area (Å²) >= 11 is 12.3. The topological polar surface area (TPSA) is 89.4 Å². The Hall–Kier alpha value is -3.42. The highest BCUT2D eigenvalue weighted by Crippen LogP contribution is 2.36. The van der Waals surface area contributed by atoms with Crippen LogP contribution < -0.4 is 19.6 Å². The van der Waals surface area contributed by atoms with Crippen molar-refractivity contribution >= 4 is 35.3 Å². The van der Waals surface area contributed by atoms with E-state index in [1.807, 2.05) is 12.1 Å². The standard InChI is InChI=1S/C23H20Cl2N2O5/c1-30-17-7-8-18(20(28)11-17)23(29)27-26-12-15-9-19(25)22(21(10-15)31-2)32-13-14-3-5-16(24)6-4-14/h3-12,28H,13H2,1-2H3,(H,27,29)/b26-12-. The average molecular weight is 475 g/mol. The van der Waals surface area contributed by atoms with E-state index in [1.165, 1.54) is 32.6 Å². The number of ether oxygens (including phenoxy) is 3. The molecule has 0 saturated heterocycles. The fourth-order valence-corrected chi connectivity index (χ4v) is 3.15. The molecule has 0 spiro atoms. The third-order valence-corrected chi connectivity index (χ3v) is 4.91. The van der Waals surface area contributed by atoms with E-state index in [0.717, 1.165) is 5.56 Å². The molecule has 166 valence electrons. The second-order valence-corrected chi connectivity index (χ2v) is 7.38. The number of hydrogen-bond donors (Lipinski definition) is 2. The van der Waals surface area contributed by atoms with Gasteiger partial charge in [-0.1, -0.05) is 35.3 Å². The molecule has 0 aliphatic heterocycles. The molecule has 0 heterocycles. The van der Waals surface area contributed by atoms with Crippen molar-refractivity contribution in [2.75, 3.05) is 14.2 Å². The molecule has 0 radical (unpaired) electrons. The summed E-state index contributed by atoms with van der Waals surface area (Å²) in [5.41, 5.74) is 3.91. The maximum Gasteiger partial charge on any atom is 0.275 e. The van der Waals surface area contributed by atoms with Crippen LogP contribution in [0, 0.1) is 0 Å². The maximum absolute atomic E-state index is 12.2. The Bertz CT molecular complexity index is 1130. The molecule has 32 heavy (non-hydrogen) atoms. The van der Waals surface area contributed by atoms with Gasteiger partial charge in [-0.2, -0.15) is 5.10 Å². The number of nitrogens with one attached hydrogen (secondary N) is 1. The van der Waals surface area contributed by atoms with Gasteiger partial charge >= 0.3 is 0 Å². The molecule has 0 saturated carbocycles. The molecular formula is C23H20Cl2N2O5. The molecular weight excluding hydrogens is 455 g/mol. The second kappa shape index (κ2) is 10.7. The number of amides is 1. The highest BCUT2D eigenvalue weighted by molar-refractivity contribution is 6.32. The first-order chi connectivity index (χ1) is 15.4. The second-order valence-electron chi connectivity index (χ2n) is 6.53. The Labute approximate surface area is 195 Å². The fourth-order valence-electron chi connectivity index (χ4n) is 2.75. The van der Waals surface area contributed by atoms with E-state index >= 15 is 0 Å². The molecule has 3 rings (SSSR count). The van der Waals surface area contributed by atoms with Gasteiger partial charge < -0.3 is 19.3 Å². The molecule has 0 bridgehead atoms. The van der Waals surface area contributed by atoms with Crippen LogP contribution in [0.15, 0.2) is 59.7 Å². The molecule has 0 fully saturated rings. The van der Waals surface area contributed by atoms with E-state index in [2.05, 4.69) is 10.5 Å². The lowest BCUT2D eigenvalue weighted by Gasteiger charge is -2.13. The molecule has 3 aromatic rings. The largest absolute Gasteiger partial charge is 0.507 e. The van der Waals surface area contributed by atoms with Gasteiger partial charge in [-0.05, 0) is 47.5 Å². The third-order valence-electron chi connectivity index (χ3n) is 4.38. The van der Waals surface area contributed by atoms with Crippen molar-refractivity contribution in [1.82, 2.24) is 5.43 Å². The van der Waals surface area contributed by atoms with Crippen LogP contribution in [0.3, 0.4) is 0 Å². The number of carbonyl (C=O) groups is 1. The minimum atomic E-state index is -0.581. The highest BCUT2D eigenvalue weighted by atomic mass is 35.5. The van der Waals surface area contributed by atoms with Gasteiger partial charge in [0, 0.05) is 11.1 Å². The van der Waals surface area contributed by atoms with E-state index in [1.54, 1.807) is 30.3 Å². The number of hydrogen-bond acceptors (Lipinski definition) is 6. The fraction of sp³-hybridized carbons (Fsp3) is 0.130. The number of halogens is 2. The number of carbonyl (C=O) groups excluding carboxylic acids is 1. The number of rotatable bonds is 8. The summed E-state index contributed by atoms with van der Waals surface area (Å²) in [6, 6.07) is 14.9. The lowest BCUT2D eigenvalue weighted by Crippen LogP contribution is -2.17. The minimum Gasteiger partial charge on any atom is -0.507 e. The van der Waals surface area contributed by atoms with Crippen LogP contribution >= 0.6 is 23.2 Å². The first-order valence-corrected chi connectivity index (χ1v) is 10.1. The summed E-state index contributed by atoms with van der Waals surface area (Å²) in [6.45, 7) is 0.280. The first kappa shape index (κ1) is 23.2. The lowest BCUT2D eigenvalue weighted by molar-refractivity contribution is 0.0952. The van der Waals surface area contributed by atoms with Crippen molar-refractivity contribution in [3.8, 4) is 23.0 Å². The lowest BCUT2D eigenvalue weighted by atomic mass is 10.2. The van der Waals surface area contributed by atoms with E-state index in [-0.39, 0.29) is 17.9 Å². The number of nitrogens with zero attached hydrogens (tertiary/aromatic N) is 1. The summed E-state index contributed by atoms with van der Waals surface area (Å²) in [5, 5.41) is 14.8. The summed E-state index contributed by atoms with van der Waals surface area (Å²) in [6.07, 6.45) is 1.40. The van der Waals surface area contributed by atoms with E-state index < -0.39 is 5.91 Å². The van der Waals surface area contributed by atoms with Gasteiger partial charge in [-0.15, -0.1) is 0 Å². The van der Waals surface area contributed by atoms with Gasteiger partial charge in [-0.3, -0.25) is 4.79 Å². The first-order valence-electron chi connectivity index (χ1n) is 9.36. The molecule has 0 aromatic heterocycles. The number of aromatic hydroxyl groups is 1. The van der Waals surface area contributed by atoms with Crippen LogP contribution in [0.1, 0.15) is 21.5 Å². The Morgan fingerprint density at radius 1 is 1.06 bits per heavy atom. The zero-order chi connectivity index (χ0) is 23.1. The molecule has 7 nitrogen and oxygen atoms in total. The summed E-state index contributed by atoms with van der Waals surface area (Å²) < 4.78 is 16.2. The number of phenols is 1. The van der Waals surface area contributed by atoms with Crippen LogP contribution in [0.25, 0.3) is 0 Å². The Balaban J connectivity index is 1.69. The van der Waals surface area contributed by atoms with Gasteiger partial charge in [0.15, 0.2) is 11.5 Å². The Morgan fingerprint density at radius 3 is 2.47 bits per heavy atom. The van der Waals surface area contributed by atoms with Crippen molar-refractivity contribution < 1.29 is 24.1 Å². The van der Waals surface area contributed by atoms with E-state index in [4.69, 9.17) is 37.4 Å². The molecule has 0 aliphatic rings. The van der Waals surface area contributed by atoms with Crippen LogP contribution in [-0.2, 0) is 6.61 Å². The number of benzene rings is 3. The van der Waals surface area contributed by atoms with Gasteiger partial charge in [0.1, 0.15) is 18.1 Å². The molecule has 0 aliphatic carbocycles. The molecule has 2 N–H and O–H groups in total. The van der Waals surface area contributed by atoms with Crippen LogP contribution in [0.4, 0.5) is 0 Å². The average Bonchev–Trinajstić information content (AvgIpc) is 2.78. The predicted octanol–water partition coefficient (Wildman–Crippen LogP) is 5.06. The molecule has 0 unspecified atom stereocenters. The van der Waals surface area contributed by atoms with E-state index in [0.29, 0.717) is 32.9 Å². The number of hydrazone groups is 1. The van der Waals surface area contributed by atoms with Crippen LogP contribution in [-0.4, -0.2) is 31.4 Å². The summed E-state index contributed by atoms with van der Waals surface area (Å²) in [5.74, 6) is 0.425. The minimum absolute atomic E-state index is 0.0597. The Morgan fingerprint density at radius 2 is 1.81 bits per heavy atom. The van der Waals surface area contributed by atoms with Crippen molar-refractivity contribution in [3.63, 3.8) is 0 Å². The van der Waals surface area contributed by atoms with Crippen molar-refractivity contribution in [3.05, 3.63) is 81.3 Å². The zero-order valence-electron chi connectivity index (χ0n) is 17.3. The SMILES string of the molecule is COc1ccc(C(=O)N/N=C\c2cc(Cl)c(OCc3ccc(Cl)cc3)c(OC)c2)c(O)c1. The number of phenolic OH excluding ortho intramolecular Hbond substituents is 1. The molecule has 3 aromatic carbocycles. The van der Waals surface area contributed by atoms with Gasteiger partial charge in [-0.25, -0.2) is 5.43 Å². The summed E-state index contributed by atoms with van der Waals surface area (Å²) in [7, 11) is 2.96. The van der Waals surface area contributed by atoms with Crippen molar-refractivity contribution in [1.29, 1.82) is 0 Å². The van der Waals surface area contributed by atoms with Gasteiger partial charge in [0.25, 0.3) is 5.91 Å².